The maximum absolute atomic E-state index is 12.5. The van der Waals surface area contributed by atoms with Gasteiger partial charge in [0.05, 0.1) is 5.69 Å². The van der Waals surface area contributed by atoms with Gasteiger partial charge in [0, 0.05) is 12.6 Å². The Hall–Kier alpha value is -3.17. The lowest BCUT2D eigenvalue weighted by Gasteiger charge is -2.01. The van der Waals surface area contributed by atoms with E-state index >= 15 is 0 Å². The molecule has 2 heterocycles. The molecule has 24 heavy (non-hydrogen) atoms. The molecule has 1 amide bonds. The van der Waals surface area contributed by atoms with Gasteiger partial charge in [-0.2, -0.15) is 23.3 Å². The number of amides is 1. The van der Waals surface area contributed by atoms with Gasteiger partial charge >= 0.3 is 6.18 Å². The minimum Gasteiger partial charge on any atom is -0.288 e. The summed E-state index contributed by atoms with van der Waals surface area (Å²) in [5, 5.41) is 11.5. The Morgan fingerprint density at radius 3 is 2.58 bits per heavy atom. The predicted molar refractivity (Wildman–Crippen MR) is 78.0 cm³/mol. The van der Waals surface area contributed by atoms with E-state index in [1.807, 2.05) is 30.3 Å². The highest BCUT2D eigenvalue weighted by molar-refractivity contribution is 6.02. The second kappa shape index (κ2) is 5.80. The van der Waals surface area contributed by atoms with Crippen LogP contribution in [-0.4, -0.2) is 30.9 Å². The number of carbonyl (C=O) groups excluding carboxylic acids is 1. The zero-order valence-corrected chi connectivity index (χ0v) is 12.3. The highest BCUT2D eigenvalue weighted by atomic mass is 19.4. The molecule has 2 N–H and O–H groups in total. The lowest BCUT2D eigenvalue weighted by molar-refractivity contribution is -0.144. The van der Waals surface area contributed by atoms with E-state index in [2.05, 4.69) is 20.5 Å². The summed E-state index contributed by atoms with van der Waals surface area (Å²) < 4.78 is 38.7. The first-order valence-corrected chi connectivity index (χ1v) is 6.75. The number of benzene rings is 1. The van der Waals surface area contributed by atoms with Gasteiger partial charge in [-0.1, -0.05) is 30.3 Å². The highest BCUT2D eigenvalue weighted by Crippen LogP contribution is 2.26. The number of carbonyl (C=O) groups is 1. The van der Waals surface area contributed by atoms with Crippen LogP contribution in [0.4, 0.5) is 19.1 Å². The minimum atomic E-state index is -4.66. The molecular formula is C14H11F3N6O. The number of alkyl halides is 3. The molecule has 0 spiro atoms. The molecule has 2 aromatic heterocycles. The molecule has 0 atom stereocenters. The fraction of sp³-hybridized carbons (Fsp3) is 0.143. The summed E-state index contributed by atoms with van der Waals surface area (Å²) in [6.07, 6.45) is -4.66. The van der Waals surface area contributed by atoms with Crippen molar-refractivity contribution in [1.82, 2.24) is 25.0 Å². The number of H-pyrrole nitrogens is 1. The second-order valence-corrected chi connectivity index (χ2v) is 4.86. The highest BCUT2D eigenvalue weighted by Gasteiger charge is 2.35. The molecule has 7 nitrogen and oxygen atoms in total. The van der Waals surface area contributed by atoms with E-state index in [0.717, 1.165) is 5.56 Å². The van der Waals surface area contributed by atoms with E-state index in [-0.39, 0.29) is 5.69 Å². The minimum absolute atomic E-state index is 0.159. The van der Waals surface area contributed by atoms with Crippen molar-refractivity contribution in [2.45, 2.75) is 6.18 Å². The standard InChI is InChI=1S/C14H11F3N6O/c1-23-10(7-9(22-23)8-5-3-2-4-6-8)11(24)18-13-19-12(20-21-13)14(15,16)17/h2-7H,1H3,(H2,18,19,20,21,24). The lowest BCUT2D eigenvalue weighted by Crippen LogP contribution is -2.17. The molecule has 0 fully saturated rings. The summed E-state index contributed by atoms with van der Waals surface area (Å²) in [6.45, 7) is 0. The Morgan fingerprint density at radius 1 is 1.25 bits per heavy atom. The Morgan fingerprint density at radius 2 is 1.96 bits per heavy atom. The largest absolute Gasteiger partial charge is 0.451 e. The lowest BCUT2D eigenvalue weighted by atomic mass is 10.1. The van der Waals surface area contributed by atoms with Crippen LogP contribution in [-0.2, 0) is 13.2 Å². The molecule has 0 aliphatic carbocycles. The van der Waals surface area contributed by atoms with Gasteiger partial charge in [0.1, 0.15) is 5.69 Å². The van der Waals surface area contributed by atoms with Crippen molar-refractivity contribution in [3.63, 3.8) is 0 Å². The maximum Gasteiger partial charge on any atom is 0.451 e. The first kappa shape index (κ1) is 15.7. The van der Waals surface area contributed by atoms with Crippen LogP contribution in [0, 0.1) is 0 Å². The summed E-state index contributed by atoms with van der Waals surface area (Å²) in [5.41, 5.74) is 1.53. The van der Waals surface area contributed by atoms with E-state index in [1.165, 1.54) is 10.7 Å². The Bertz CT molecular complexity index is 868. The molecule has 0 saturated heterocycles. The zero-order valence-electron chi connectivity index (χ0n) is 12.3. The van der Waals surface area contributed by atoms with E-state index in [4.69, 9.17) is 0 Å². The van der Waals surface area contributed by atoms with Crippen LogP contribution >= 0.6 is 0 Å². The van der Waals surface area contributed by atoms with E-state index in [0.29, 0.717) is 5.69 Å². The van der Waals surface area contributed by atoms with Crippen LogP contribution in [0.3, 0.4) is 0 Å². The van der Waals surface area contributed by atoms with Gasteiger partial charge in [-0.25, -0.2) is 0 Å². The Balaban J connectivity index is 1.81. The van der Waals surface area contributed by atoms with Crippen LogP contribution in [0.5, 0.6) is 0 Å². The molecule has 0 aliphatic heterocycles. The van der Waals surface area contributed by atoms with Gasteiger partial charge < -0.3 is 0 Å². The topological polar surface area (TPSA) is 88.5 Å². The van der Waals surface area contributed by atoms with E-state index < -0.39 is 23.9 Å². The molecule has 0 bridgehead atoms. The number of nitrogens with one attached hydrogen (secondary N) is 2. The summed E-state index contributed by atoms with van der Waals surface area (Å²) in [7, 11) is 1.56. The molecule has 3 aromatic rings. The average Bonchev–Trinajstić information content (AvgIpc) is 3.14. The number of anilines is 1. The molecule has 0 aliphatic rings. The molecule has 1 aromatic carbocycles. The second-order valence-electron chi connectivity index (χ2n) is 4.86. The van der Waals surface area contributed by atoms with Gasteiger partial charge in [0.15, 0.2) is 0 Å². The van der Waals surface area contributed by atoms with Crippen molar-refractivity contribution >= 4 is 11.9 Å². The van der Waals surface area contributed by atoms with Crippen molar-refractivity contribution in [2.75, 3.05) is 5.32 Å². The molecule has 10 heteroatoms. The number of halogens is 3. The number of aryl methyl sites for hydroxylation is 1. The summed E-state index contributed by atoms with van der Waals surface area (Å²) in [5.74, 6) is -2.41. The first-order chi connectivity index (χ1) is 11.3. The van der Waals surface area contributed by atoms with Gasteiger partial charge in [-0.05, 0) is 6.07 Å². The predicted octanol–water partition coefficient (Wildman–Crippen LogP) is 2.48. The Kier molecular flexibility index (Phi) is 3.80. The number of nitrogens with zero attached hydrogens (tertiary/aromatic N) is 4. The monoisotopic (exact) mass is 336 g/mol. The molecular weight excluding hydrogens is 325 g/mol. The maximum atomic E-state index is 12.5. The normalized spacial score (nSPS) is 11.5. The smallest absolute Gasteiger partial charge is 0.288 e. The van der Waals surface area contributed by atoms with Crippen molar-refractivity contribution < 1.29 is 18.0 Å². The zero-order chi connectivity index (χ0) is 17.3. The van der Waals surface area contributed by atoms with Crippen molar-refractivity contribution in [3.05, 3.63) is 47.9 Å². The number of aromatic amines is 1. The number of aromatic nitrogens is 5. The quantitative estimate of drug-likeness (QED) is 0.769. The van der Waals surface area contributed by atoms with Gasteiger partial charge in [0.25, 0.3) is 5.91 Å². The van der Waals surface area contributed by atoms with E-state index in [1.54, 1.807) is 12.1 Å². The third kappa shape index (κ3) is 3.12. The fourth-order valence-corrected chi connectivity index (χ4v) is 2.04. The van der Waals surface area contributed by atoms with E-state index in [9.17, 15) is 18.0 Å². The Labute approximate surface area is 133 Å². The fourth-order valence-electron chi connectivity index (χ4n) is 2.04. The van der Waals surface area contributed by atoms with Crippen molar-refractivity contribution in [2.24, 2.45) is 7.05 Å². The average molecular weight is 336 g/mol. The van der Waals surface area contributed by atoms with Crippen LogP contribution in [0.15, 0.2) is 36.4 Å². The number of hydrogen-bond donors (Lipinski definition) is 2. The summed E-state index contributed by atoms with van der Waals surface area (Å²) >= 11 is 0. The van der Waals surface area contributed by atoms with Crippen LogP contribution in [0.2, 0.25) is 0 Å². The molecule has 0 unspecified atom stereocenters. The first-order valence-electron chi connectivity index (χ1n) is 6.75. The van der Waals surface area contributed by atoms with Crippen LogP contribution in [0.25, 0.3) is 11.3 Å². The third-order valence-corrected chi connectivity index (χ3v) is 3.16. The number of hydrogen-bond acceptors (Lipinski definition) is 4. The van der Waals surface area contributed by atoms with Gasteiger partial charge in [-0.15, -0.1) is 5.10 Å². The van der Waals surface area contributed by atoms with Crippen molar-refractivity contribution in [1.29, 1.82) is 0 Å². The summed E-state index contributed by atoms with van der Waals surface area (Å²) in [6, 6.07) is 10.7. The molecule has 0 radical (unpaired) electrons. The molecule has 124 valence electrons. The molecule has 3 rings (SSSR count). The molecule has 0 saturated carbocycles. The SMILES string of the molecule is Cn1nc(-c2ccccc2)cc1C(=O)Nc1n[nH]c(C(F)(F)F)n1. The summed E-state index contributed by atoms with van der Waals surface area (Å²) in [4.78, 5) is 15.4. The van der Waals surface area contributed by atoms with Gasteiger partial charge in [0.2, 0.25) is 11.8 Å². The van der Waals surface area contributed by atoms with Crippen LogP contribution in [0.1, 0.15) is 16.3 Å². The third-order valence-electron chi connectivity index (χ3n) is 3.16. The van der Waals surface area contributed by atoms with Crippen LogP contribution < -0.4 is 5.32 Å². The van der Waals surface area contributed by atoms with Gasteiger partial charge in [-0.3, -0.25) is 19.9 Å². The number of rotatable bonds is 3. The van der Waals surface area contributed by atoms with Crippen molar-refractivity contribution in [3.8, 4) is 11.3 Å².